The highest BCUT2D eigenvalue weighted by molar-refractivity contribution is 8.00. The molecule has 144 valence electrons. The Bertz CT molecular complexity index is 865. The van der Waals surface area contributed by atoms with E-state index in [1.165, 1.54) is 22.2 Å². The van der Waals surface area contributed by atoms with Crippen LogP contribution in [-0.4, -0.2) is 63.6 Å². The summed E-state index contributed by atoms with van der Waals surface area (Å²) in [5, 5.41) is 11.3. The maximum absolute atomic E-state index is 12.7. The Hall–Kier alpha value is -1.69. The van der Waals surface area contributed by atoms with Gasteiger partial charge in [-0.25, -0.2) is 9.97 Å². The molecule has 1 saturated heterocycles. The van der Waals surface area contributed by atoms with E-state index >= 15 is 0 Å². The summed E-state index contributed by atoms with van der Waals surface area (Å²) >= 11 is 3.16. The van der Waals surface area contributed by atoms with Crippen molar-refractivity contribution in [3.8, 4) is 6.07 Å². The van der Waals surface area contributed by atoms with Crippen molar-refractivity contribution in [1.82, 2.24) is 19.8 Å². The molecule has 0 bridgehead atoms. The van der Waals surface area contributed by atoms with Gasteiger partial charge in [-0.1, -0.05) is 25.6 Å². The average Bonchev–Trinajstić information content (AvgIpc) is 2.95. The minimum atomic E-state index is -0.0734. The lowest BCUT2D eigenvalue weighted by molar-refractivity contribution is -0.130. The van der Waals surface area contributed by atoms with Crippen LogP contribution in [0.1, 0.15) is 24.3 Å². The zero-order valence-electron chi connectivity index (χ0n) is 16.2. The number of aromatic nitrogens is 2. The van der Waals surface area contributed by atoms with E-state index in [2.05, 4.69) is 48.6 Å². The lowest BCUT2D eigenvalue weighted by atomic mass is 10.0. The van der Waals surface area contributed by atoms with Crippen molar-refractivity contribution in [3.63, 3.8) is 0 Å². The third kappa shape index (κ3) is 4.26. The van der Waals surface area contributed by atoms with E-state index in [4.69, 9.17) is 0 Å². The number of piperazine rings is 1. The first-order valence-corrected chi connectivity index (χ1v) is 11.0. The van der Waals surface area contributed by atoms with E-state index in [1.54, 1.807) is 17.7 Å². The van der Waals surface area contributed by atoms with Crippen LogP contribution in [-0.2, 0) is 4.79 Å². The summed E-state index contributed by atoms with van der Waals surface area (Å²) in [6.45, 7) is 11.2. The van der Waals surface area contributed by atoms with Gasteiger partial charge in [0.1, 0.15) is 22.2 Å². The van der Waals surface area contributed by atoms with Gasteiger partial charge in [-0.3, -0.25) is 9.69 Å². The lowest BCUT2D eigenvalue weighted by Crippen LogP contribution is -2.53. The molecule has 0 aromatic carbocycles. The number of hydrogen-bond acceptors (Lipinski definition) is 7. The first-order chi connectivity index (χ1) is 12.9. The van der Waals surface area contributed by atoms with Crippen LogP contribution in [0.5, 0.6) is 0 Å². The quantitative estimate of drug-likeness (QED) is 0.564. The lowest BCUT2D eigenvalue weighted by Gasteiger charge is -2.38. The summed E-state index contributed by atoms with van der Waals surface area (Å²) in [7, 11) is 0. The van der Waals surface area contributed by atoms with E-state index < -0.39 is 0 Å². The van der Waals surface area contributed by atoms with Gasteiger partial charge in [0.2, 0.25) is 5.91 Å². The van der Waals surface area contributed by atoms with E-state index in [1.807, 2.05) is 4.90 Å². The molecule has 6 nitrogen and oxygen atoms in total. The second kappa shape index (κ2) is 8.55. The Balaban J connectivity index is 1.59. The molecule has 0 aliphatic carbocycles. The molecule has 8 heteroatoms. The summed E-state index contributed by atoms with van der Waals surface area (Å²) in [5.41, 5.74) is 1.20. The third-order valence-electron chi connectivity index (χ3n) is 5.09. The maximum atomic E-state index is 12.7. The Kier molecular flexibility index (Phi) is 6.35. The molecule has 2 aromatic heterocycles. The van der Waals surface area contributed by atoms with Gasteiger partial charge in [0.15, 0.2) is 0 Å². The molecule has 1 unspecified atom stereocenters. The smallest absolute Gasteiger partial charge is 0.233 e. The number of rotatable bonds is 5. The molecule has 3 rings (SSSR count). The van der Waals surface area contributed by atoms with Crippen molar-refractivity contribution in [1.29, 1.82) is 5.26 Å². The van der Waals surface area contributed by atoms with Crippen LogP contribution in [0.3, 0.4) is 0 Å². The second-order valence-corrected chi connectivity index (χ2v) is 9.33. The number of fused-ring (bicyclic) bond motifs is 1. The number of nitriles is 1. The molecule has 1 aliphatic heterocycles. The molecular weight excluding hydrogens is 378 g/mol. The van der Waals surface area contributed by atoms with Crippen LogP contribution in [0.4, 0.5) is 0 Å². The summed E-state index contributed by atoms with van der Waals surface area (Å²) in [6.07, 6.45) is 1.58. The first kappa shape index (κ1) is 20.1. The van der Waals surface area contributed by atoms with Gasteiger partial charge in [-0.05, 0) is 25.3 Å². The van der Waals surface area contributed by atoms with Gasteiger partial charge >= 0.3 is 0 Å². The molecule has 3 heterocycles. The fourth-order valence-electron chi connectivity index (χ4n) is 3.38. The van der Waals surface area contributed by atoms with Crippen LogP contribution >= 0.6 is 23.1 Å². The Labute approximate surface area is 168 Å². The van der Waals surface area contributed by atoms with E-state index in [9.17, 15) is 10.1 Å². The molecule has 0 N–H and O–H groups in total. The molecule has 1 amide bonds. The predicted molar refractivity (Wildman–Crippen MR) is 110 cm³/mol. The molecule has 1 aliphatic rings. The second-order valence-electron chi connectivity index (χ2n) is 7.17. The van der Waals surface area contributed by atoms with Crippen LogP contribution < -0.4 is 0 Å². The molecule has 2 aromatic rings. The third-order valence-corrected chi connectivity index (χ3v) is 7.18. The van der Waals surface area contributed by atoms with Crippen LogP contribution in [0.2, 0.25) is 0 Å². The summed E-state index contributed by atoms with van der Waals surface area (Å²) in [6, 6.07) is 2.32. The van der Waals surface area contributed by atoms with Crippen molar-refractivity contribution < 1.29 is 4.79 Å². The highest BCUT2D eigenvalue weighted by atomic mass is 32.2. The normalized spacial score (nSPS) is 16.7. The van der Waals surface area contributed by atoms with Crippen molar-refractivity contribution in [2.45, 2.75) is 38.8 Å². The zero-order valence-corrected chi connectivity index (χ0v) is 17.9. The van der Waals surface area contributed by atoms with Gasteiger partial charge < -0.3 is 4.90 Å². The maximum Gasteiger partial charge on any atom is 0.233 e. The van der Waals surface area contributed by atoms with Crippen LogP contribution in [0.25, 0.3) is 10.2 Å². The summed E-state index contributed by atoms with van der Waals surface area (Å²) in [5.74, 6) is 0.811. The van der Waals surface area contributed by atoms with Gasteiger partial charge in [0.25, 0.3) is 0 Å². The SMILES string of the molecule is Cc1sc2ncnc(SCC(=O)N3CCN(C(C#N)C(C)C)CC3)c2c1C. The zero-order chi connectivity index (χ0) is 19.6. The molecular formula is C19H25N5OS2. The fourth-order valence-corrected chi connectivity index (χ4v) is 5.40. The molecule has 27 heavy (non-hydrogen) atoms. The van der Waals surface area contributed by atoms with Crippen LogP contribution in [0, 0.1) is 31.1 Å². The molecule has 1 atom stereocenters. The Morgan fingerprint density at radius 2 is 2.00 bits per heavy atom. The number of thiophene rings is 1. The number of nitrogens with zero attached hydrogens (tertiary/aromatic N) is 5. The van der Waals surface area contributed by atoms with Gasteiger partial charge in [0, 0.05) is 36.4 Å². The van der Waals surface area contributed by atoms with Crippen molar-refractivity contribution in [3.05, 3.63) is 16.8 Å². The highest BCUT2D eigenvalue weighted by Gasteiger charge is 2.27. The minimum Gasteiger partial charge on any atom is -0.339 e. The van der Waals surface area contributed by atoms with Crippen molar-refractivity contribution in [2.24, 2.45) is 5.92 Å². The number of carbonyl (C=O) groups excluding carboxylic acids is 1. The monoisotopic (exact) mass is 403 g/mol. The van der Waals surface area contributed by atoms with Gasteiger partial charge in [-0.2, -0.15) is 5.26 Å². The summed E-state index contributed by atoms with van der Waals surface area (Å²) < 4.78 is 0. The molecule has 1 fully saturated rings. The van der Waals surface area contributed by atoms with E-state index in [0.29, 0.717) is 24.8 Å². The largest absolute Gasteiger partial charge is 0.339 e. The topological polar surface area (TPSA) is 73.1 Å². The van der Waals surface area contributed by atoms with Gasteiger partial charge in [0.05, 0.1) is 11.8 Å². The van der Waals surface area contributed by atoms with E-state index in [0.717, 1.165) is 28.3 Å². The first-order valence-electron chi connectivity index (χ1n) is 9.17. The Morgan fingerprint density at radius 3 is 2.63 bits per heavy atom. The summed E-state index contributed by atoms with van der Waals surface area (Å²) in [4.78, 5) is 27.7. The number of hydrogen-bond donors (Lipinski definition) is 0. The fraction of sp³-hybridized carbons (Fsp3) is 0.579. The Morgan fingerprint density at radius 1 is 1.30 bits per heavy atom. The highest BCUT2D eigenvalue weighted by Crippen LogP contribution is 2.34. The van der Waals surface area contributed by atoms with Crippen LogP contribution in [0.15, 0.2) is 11.4 Å². The molecule has 0 spiro atoms. The molecule has 0 radical (unpaired) electrons. The predicted octanol–water partition coefficient (Wildman–Crippen LogP) is 3.09. The average molecular weight is 404 g/mol. The number of amides is 1. The minimum absolute atomic E-state index is 0.0734. The van der Waals surface area contributed by atoms with Crippen molar-refractivity contribution >= 4 is 39.2 Å². The van der Waals surface area contributed by atoms with Gasteiger partial charge in [-0.15, -0.1) is 11.3 Å². The number of carbonyl (C=O) groups is 1. The number of aryl methyl sites for hydroxylation is 2. The standard InChI is InChI=1S/C19H25N5OS2/c1-12(2)15(9-20)23-5-7-24(8-6-23)16(25)10-26-18-17-13(3)14(4)27-19(17)22-11-21-18/h11-12,15H,5-8,10H2,1-4H3. The van der Waals surface area contributed by atoms with E-state index in [-0.39, 0.29) is 11.9 Å². The van der Waals surface area contributed by atoms with Crippen molar-refractivity contribution in [2.75, 3.05) is 31.9 Å². The number of thioether (sulfide) groups is 1. The molecule has 0 saturated carbocycles.